The molecule has 49 heavy (non-hydrogen) atoms. The molecule has 1 aliphatic carbocycles. The Morgan fingerprint density at radius 1 is 0.837 bits per heavy atom. The fraction of sp³-hybridized carbons (Fsp3) is 0.353. The van der Waals surface area contributed by atoms with E-state index in [0.717, 1.165) is 0 Å². The summed E-state index contributed by atoms with van der Waals surface area (Å²) in [6.45, 7) is 9.16. The van der Waals surface area contributed by atoms with E-state index >= 15 is 4.39 Å². The Kier molecular flexibility index (Phi) is 11.2. The van der Waals surface area contributed by atoms with Crippen LogP contribution in [0.4, 0.5) is 29.7 Å². The average molecular weight is 779 g/mol. The summed E-state index contributed by atoms with van der Waals surface area (Å²) in [5.74, 6) is -5.31. The zero-order chi connectivity index (χ0) is 36.8. The number of rotatable bonds is 7. The number of nitrogens with one attached hydrogen (secondary N) is 1. The Bertz CT molecular complexity index is 1790. The van der Waals surface area contributed by atoms with Crippen LogP contribution >= 0.6 is 58.0 Å². The zero-order valence-electron chi connectivity index (χ0n) is 27.0. The summed E-state index contributed by atoms with van der Waals surface area (Å²) in [6.07, 6.45) is -3.39. The minimum atomic E-state index is -1.48. The third-order valence-electron chi connectivity index (χ3n) is 6.98. The normalized spacial score (nSPS) is 16.8. The standard InChI is InChI=1S/C34H31Cl5F2N2O6/c1-32(2,3)48-30(46)43(31(47)49-33(4,5)6)25-13-19(40)12-24(41)22(25)15-26(44)21-14-20(7-8-23(21)37)42-29(45)28-27(34(28,38)39)16-9-17(35)11-18(36)10-16/h7-14,27-28H,15H2,1-6H3,(H,42,45)/t27-,28+/m0/s1. The van der Waals surface area contributed by atoms with Crippen molar-refractivity contribution in [3.05, 3.63) is 91.9 Å². The lowest BCUT2D eigenvalue weighted by Gasteiger charge is -2.29. The number of carbonyl (C=O) groups excluding carboxylic acids is 4. The van der Waals surface area contributed by atoms with E-state index < -0.39 is 80.6 Å². The highest BCUT2D eigenvalue weighted by molar-refractivity contribution is 6.53. The minimum absolute atomic E-state index is 0.0647. The number of hydrogen-bond acceptors (Lipinski definition) is 6. The highest BCUT2D eigenvalue weighted by atomic mass is 35.5. The predicted molar refractivity (Wildman–Crippen MR) is 187 cm³/mol. The maximum atomic E-state index is 15.4. The largest absolute Gasteiger partial charge is 0.443 e. The van der Waals surface area contributed by atoms with Gasteiger partial charge in [-0.3, -0.25) is 9.59 Å². The van der Waals surface area contributed by atoms with Gasteiger partial charge in [0.05, 0.1) is 16.6 Å². The lowest BCUT2D eigenvalue weighted by atomic mass is 9.99. The number of ether oxygens (including phenoxy) is 2. The predicted octanol–water partition coefficient (Wildman–Crippen LogP) is 10.6. The molecule has 0 unspecified atom stereocenters. The number of anilines is 2. The first kappa shape index (κ1) is 38.6. The Morgan fingerprint density at radius 2 is 1.39 bits per heavy atom. The highest BCUT2D eigenvalue weighted by Crippen LogP contribution is 2.65. The molecular formula is C34H31Cl5F2N2O6. The van der Waals surface area contributed by atoms with Gasteiger partial charge in [0.2, 0.25) is 5.91 Å². The second-order valence-electron chi connectivity index (χ2n) is 13.3. The van der Waals surface area contributed by atoms with Crippen molar-refractivity contribution < 1.29 is 37.4 Å². The van der Waals surface area contributed by atoms with Crippen molar-refractivity contribution >= 4 is 93.3 Å². The van der Waals surface area contributed by atoms with Crippen LogP contribution in [-0.4, -0.2) is 39.4 Å². The number of carbonyl (C=O) groups is 4. The van der Waals surface area contributed by atoms with Gasteiger partial charge in [-0.2, -0.15) is 4.90 Å². The van der Waals surface area contributed by atoms with Crippen molar-refractivity contribution in [3.63, 3.8) is 0 Å². The van der Waals surface area contributed by atoms with Crippen molar-refractivity contribution in [1.29, 1.82) is 0 Å². The number of nitrogens with zero attached hydrogens (tertiary/aromatic N) is 1. The summed E-state index contributed by atoms with van der Waals surface area (Å²) >= 11 is 31.5. The molecule has 0 bridgehead atoms. The van der Waals surface area contributed by atoms with Gasteiger partial charge in [-0.15, -0.1) is 23.2 Å². The van der Waals surface area contributed by atoms with Crippen LogP contribution in [0.5, 0.6) is 0 Å². The van der Waals surface area contributed by atoms with E-state index in [1.165, 1.54) is 65.8 Å². The number of amides is 3. The molecule has 1 saturated carbocycles. The molecule has 262 valence electrons. The van der Waals surface area contributed by atoms with Gasteiger partial charge in [0.25, 0.3) is 0 Å². The Morgan fingerprint density at radius 3 is 1.92 bits per heavy atom. The van der Waals surface area contributed by atoms with E-state index in [4.69, 9.17) is 67.5 Å². The third-order valence-corrected chi connectivity index (χ3v) is 8.69. The number of imide groups is 1. The van der Waals surface area contributed by atoms with Crippen molar-refractivity contribution in [3.8, 4) is 0 Å². The Hall–Kier alpha value is -3.15. The van der Waals surface area contributed by atoms with Crippen LogP contribution in [0.2, 0.25) is 15.1 Å². The molecule has 3 aromatic carbocycles. The second-order valence-corrected chi connectivity index (χ2v) is 16.0. The first-order valence-electron chi connectivity index (χ1n) is 14.7. The smallest absolute Gasteiger partial charge is 0.424 e. The molecule has 0 spiro atoms. The van der Waals surface area contributed by atoms with E-state index in [2.05, 4.69) is 5.32 Å². The van der Waals surface area contributed by atoms with E-state index in [9.17, 15) is 23.6 Å². The summed E-state index contributed by atoms with van der Waals surface area (Å²) in [5, 5.41) is 3.26. The molecule has 0 aliphatic heterocycles. The monoisotopic (exact) mass is 776 g/mol. The van der Waals surface area contributed by atoms with Crippen LogP contribution in [0.1, 0.15) is 68.9 Å². The van der Waals surface area contributed by atoms with Crippen LogP contribution < -0.4 is 10.2 Å². The van der Waals surface area contributed by atoms with E-state index in [1.807, 2.05) is 0 Å². The second kappa shape index (κ2) is 14.2. The fourth-order valence-electron chi connectivity index (χ4n) is 4.97. The Labute approximate surface area is 306 Å². The van der Waals surface area contributed by atoms with Crippen molar-refractivity contribution in [2.45, 2.75) is 69.4 Å². The fourth-order valence-corrected chi connectivity index (χ4v) is 6.56. The lowest BCUT2D eigenvalue weighted by Crippen LogP contribution is -2.44. The maximum absolute atomic E-state index is 15.4. The molecule has 3 amide bonds. The van der Waals surface area contributed by atoms with Crippen LogP contribution in [0.3, 0.4) is 0 Å². The van der Waals surface area contributed by atoms with Gasteiger partial charge in [-0.25, -0.2) is 18.4 Å². The van der Waals surface area contributed by atoms with Crippen molar-refractivity contribution in [1.82, 2.24) is 0 Å². The number of alkyl halides is 2. The van der Waals surface area contributed by atoms with Gasteiger partial charge in [0.15, 0.2) is 5.78 Å². The SMILES string of the molecule is CC(C)(C)OC(=O)N(C(=O)OC(C)(C)C)c1cc(F)cc(F)c1CC(=O)c1cc(NC(=O)[C@H]2[C@H](c3cc(Cl)cc(Cl)c3)C2(Cl)Cl)ccc1Cl. The number of Topliss-reactive ketones (excluding diaryl/α,β-unsaturated/α-hetero) is 1. The van der Waals surface area contributed by atoms with E-state index in [0.29, 0.717) is 32.6 Å². The van der Waals surface area contributed by atoms with Crippen LogP contribution in [0, 0.1) is 17.6 Å². The molecule has 3 aromatic rings. The van der Waals surface area contributed by atoms with Crippen LogP contribution in [0.15, 0.2) is 48.5 Å². The zero-order valence-corrected chi connectivity index (χ0v) is 30.8. The molecule has 2 atom stereocenters. The quantitative estimate of drug-likeness (QED) is 0.189. The maximum Gasteiger partial charge on any atom is 0.424 e. The van der Waals surface area contributed by atoms with E-state index in [-0.39, 0.29) is 16.3 Å². The van der Waals surface area contributed by atoms with Gasteiger partial charge in [0, 0.05) is 45.3 Å². The van der Waals surface area contributed by atoms with Crippen LogP contribution in [-0.2, 0) is 20.7 Å². The van der Waals surface area contributed by atoms with Gasteiger partial charge in [0.1, 0.15) is 27.2 Å². The average Bonchev–Trinajstić information content (AvgIpc) is 3.50. The lowest BCUT2D eigenvalue weighted by molar-refractivity contribution is -0.117. The molecule has 8 nitrogen and oxygen atoms in total. The molecule has 0 radical (unpaired) electrons. The summed E-state index contributed by atoms with van der Waals surface area (Å²) < 4.78 is 39.3. The van der Waals surface area contributed by atoms with Gasteiger partial charge in [-0.1, -0.05) is 34.8 Å². The summed E-state index contributed by atoms with van der Waals surface area (Å²) in [5.41, 5.74) is -2.86. The summed E-state index contributed by atoms with van der Waals surface area (Å²) in [7, 11) is 0. The van der Waals surface area contributed by atoms with Crippen molar-refractivity contribution in [2.75, 3.05) is 10.2 Å². The molecule has 15 heteroatoms. The molecule has 0 saturated heterocycles. The van der Waals surface area contributed by atoms with Gasteiger partial charge in [-0.05, 0) is 89.6 Å². The summed E-state index contributed by atoms with van der Waals surface area (Å²) in [4.78, 5) is 53.8. The van der Waals surface area contributed by atoms with Gasteiger partial charge < -0.3 is 14.8 Å². The first-order valence-corrected chi connectivity index (χ1v) is 16.6. The molecule has 1 N–H and O–H groups in total. The van der Waals surface area contributed by atoms with Gasteiger partial charge >= 0.3 is 12.2 Å². The van der Waals surface area contributed by atoms with Crippen LogP contribution in [0.25, 0.3) is 0 Å². The molecule has 1 fully saturated rings. The number of hydrogen-bond donors (Lipinski definition) is 1. The molecular weight excluding hydrogens is 748 g/mol. The number of halogens is 7. The first-order chi connectivity index (χ1) is 22.5. The van der Waals surface area contributed by atoms with Crippen molar-refractivity contribution in [2.24, 2.45) is 5.92 Å². The Balaban J connectivity index is 1.65. The molecule has 1 aliphatic rings. The number of ketones is 1. The highest BCUT2D eigenvalue weighted by Gasteiger charge is 2.67. The molecule has 4 rings (SSSR count). The minimum Gasteiger partial charge on any atom is -0.443 e. The van der Waals surface area contributed by atoms with E-state index in [1.54, 1.807) is 12.1 Å². The topological polar surface area (TPSA) is 102 Å². The molecule has 0 heterocycles. The number of benzene rings is 3. The molecule has 0 aromatic heterocycles. The summed E-state index contributed by atoms with van der Waals surface area (Å²) in [6, 6.07) is 9.92. The third kappa shape index (κ3) is 9.35.